The van der Waals surface area contributed by atoms with Crippen LogP contribution in [-0.2, 0) is 27.6 Å². The van der Waals surface area contributed by atoms with Gasteiger partial charge in [-0.2, -0.15) is 0 Å². The third-order valence-electron chi connectivity index (χ3n) is 5.55. The lowest BCUT2D eigenvalue weighted by molar-refractivity contribution is -0.0290. The van der Waals surface area contributed by atoms with E-state index in [0.29, 0.717) is 25.7 Å². The summed E-state index contributed by atoms with van der Waals surface area (Å²) in [4.78, 5) is 0. The number of unbranched alkanes of at least 4 members (excludes halogenated alkanes) is 3. The summed E-state index contributed by atoms with van der Waals surface area (Å²) in [5, 5.41) is 0. The Bertz CT molecular complexity index is 403. The molecule has 0 aromatic carbocycles. The minimum Gasteiger partial charge on any atom is -0.384 e. The number of rotatable bonds is 20. The van der Waals surface area contributed by atoms with Crippen LogP contribution in [-0.4, -0.2) is 47.3 Å². The van der Waals surface area contributed by atoms with E-state index in [9.17, 15) is 4.57 Å². The average Bonchev–Trinajstić information content (AvgIpc) is 2.73. The SMILES string of the molecule is CCCCOP(=O)(OCCCC)OCCCC.COCC(CCC(C)C)(COC)C(C)C. The van der Waals surface area contributed by atoms with Gasteiger partial charge in [-0.25, -0.2) is 4.57 Å². The molecule has 0 amide bonds. The molecule has 6 nitrogen and oxygen atoms in total. The molecule has 0 aliphatic rings. The van der Waals surface area contributed by atoms with Gasteiger partial charge < -0.3 is 9.47 Å². The second kappa shape index (κ2) is 21.6. The lowest BCUT2D eigenvalue weighted by atomic mass is 9.74. The third kappa shape index (κ3) is 17.5. The molecule has 0 saturated carbocycles. The number of hydrogen-bond acceptors (Lipinski definition) is 6. The monoisotopic (exact) mass is 482 g/mol. The van der Waals surface area contributed by atoms with Crippen LogP contribution < -0.4 is 0 Å². The van der Waals surface area contributed by atoms with E-state index in [1.54, 1.807) is 14.2 Å². The van der Waals surface area contributed by atoms with Gasteiger partial charge in [0.15, 0.2) is 0 Å². The number of phosphoric acid groups is 1. The van der Waals surface area contributed by atoms with Crippen LogP contribution in [0, 0.1) is 17.3 Å². The molecule has 0 N–H and O–H groups in total. The fourth-order valence-corrected chi connectivity index (χ4v) is 4.31. The minimum atomic E-state index is -3.31. The molecule has 0 bridgehead atoms. The molecule has 0 saturated heterocycles. The minimum absolute atomic E-state index is 0.188. The standard InChI is InChI=1S/C13H28O2.C12H27O4P/c1-11(2)7-8-13(9-14-5,10-15-6)12(3)4;1-4-7-10-14-17(13,15-11-8-5-2)16-12-9-6-3/h11-12H,7-10H2,1-6H3;4-12H2,1-3H3. The van der Waals surface area contributed by atoms with Crippen molar-refractivity contribution in [2.45, 2.75) is 99.8 Å². The van der Waals surface area contributed by atoms with E-state index in [1.165, 1.54) is 12.8 Å². The number of methoxy groups -OCH3 is 2. The van der Waals surface area contributed by atoms with E-state index in [0.717, 1.165) is 57.7 Å². The topological polar surface area (TPSA) is 63.2 Å². The van der Waals surface area contributed by atoms with Crippen LogP contribution in [0.1, 0.15) is 99.8 Å². The molecule has 7 heteroatoms. The Hall–Kier alpha value is 0.0300. The Balaban J connectivity index is 0. The van der Waals surface area contributed by atoms with Gasteiger partial charge in [0.05, 0.1) is 33.0 Å². The maximum atomic E-state index is 12.2. The molecule has 0 radical (unpaired) electrons. The van der Waals surface area contributed by atoms with Gasteiger partial charge in [0.2, 0.25) is 0 Å². The van der Waals surface area contributed by atoms with E-state index < -0.39 is 7.82 Å². The van der Waals surface area contributed by atoms with Crippen LogP contribution in [0.25, 0.3) is 0 Å². The number of ether oxygens (including phenoxy) is 2. The Morgan fingerprint density at radius 3 is 1.34 bits per heavy atom. The molecule has 32 heavy (non-hydrogen) atoms. The highest BCUT2D eigenvalue weighted by Crippen LogP contribution is 2.49. The summed E-state index contributed by atoms with van der Waals surface area (Å²) in [6.45, 7) is 18.1. The van der Waals surface area contributed by atoms with E-state index in [-0.39, 0.29) is 5.41 Å². The quantitative estimate of drug-likeness (QED) is 0.130. The molecular formula is C25H55O6P. The van der Waals surface area contributed by atoms with Crippen molar-refractivity contribution in [3.8, 4) is 0 Å². The second-order valence-corrected chi connectivity index (χ2v) is 11.0. The van der Waals surface area contributed by atoms with Crippen molar-refractivity contribution in [2.24, 2.45) is 17.3 Å². The molecule has 0 aromatic heterocycles. The first-order valence-electron chi connectivity index (χ1n) is 12.7. The van der Waals surface area contributed by atoms with Crippen LogP contribution in [0.15, 0.2) is 0 Å². The summed E-state index contributed by atoms with van der Waals surface area (Å²) < 4.78 is 38.7. The molecule has 0 fully saturated rings. The van der Waals surface area contributed by atoms with E-state index in [2.05, 4.69) is 48.5 Å². The van der Waals surface area contributed by atoms with Crippen molar-refractivity contribution < 1.29 is 27.6 Å². The van der Waals surface area contributed by atoms with Gasteiger partial charge in [-0.15, -0.1) is 0 Å². The molecule has 0 aliphatic heterocycles. The van der Waals surface area contributed by atoms with E-state index in [1.807, 2.05) is 0 Å². The molecule has 0 rings (SSSR count). The van der Waals surface area contributed by atoms with Gasteiger partial charge in [0.25, 0.3) is 0 Å². The molecule has 0 atom stereocenters. The van der Waals surface area contributed by atoms with Crippen LogP contribution >= 0.6 is 7.82 Å². The van der Waals surface area contributed by atoms with E-state index in [4.69, 9.17) is 23.0 Å². The summed E-state index contributed by atoms with van der Waals surface area (Å²) in [6.07, 6.45) is 8.06. The van der Waals surface area contributed by atoms with Gasteiger partial charge in [0, 0.05) is 19.6 Å². The molecule has 0 unspecified atom stereocenters. The highest BCUT2D eigenvalue weighted by atomic mass is 31.2. The normalized spacial score (nSPS) is 12.3. The van der Waals surface area contributed by atoms with E-state index >= 15 is 0 Å². The lowest BCUT2D eigenvalue weighted by Crippen LogP contribution is -2.37. The summed E-state index contributed by atoms with van der Waals surface area (Å²) in [5.41, 5.74) is 0.188. The van der Waals surface area contributed by atoms with Crippen LogP contribution in [0.3, 0.4) is 0 Å². The highest BCUT2D eigenvalue weighted by Gasteiger charge is 2.33. The van der Waals surface area contributed by atoms with Crippen LogP contribution in [0.5, 0.6) is 0 Å². The molecule has 0 heterocycles. The van der Waals surface area contributed by atoms with Crippen LogP contribution in [0.2, 0.25) is 0 Å². The Morgan fingerprint density at radius 1 is 0.719 bits per heavy atom. The number of hydrogen-bond donors (Lipinski definition) is 0. The summed E-state index contributed by atoms with van der Waals surface area (Å²) in [6, 6.07) is 0. The van der Waals surface area contributed by atoms with Gasteiger partial charge in [0.1, 0.15) is 0 Å². The van der Waals surface area contributed by atoms with Crippen molar-refractivity contribution in [1.82, 2.24) is 0 Å². The van der Waals surface area contributed by atoms with Gasteiger partial charge in [-0.05, 0) is 37.5 Å². The lowest BCUT2D eigenvalue weighted by Gasteiger charge is -2.37. The molecule has 0 aromatic rings. The summed E-state index contributed by atoms with van der Waals surface area (Å²) >= 11 is 0. The number of phosphoric ester groups is 1. The molecule has 0 aliphatic carbocycles. The van der Waals surface area contributed by atoms with Crippen molar-refractivity contribution in [3.63, 3.8) is 0 Å². The second-order valence-electron chi connectivity index (χ2n) is 9.32. The van der Waals surface area contributed by atoms with Crippen molar-refractivity contribution in [3.05, 3.63) is 0 Å². The Morgan fingerprint density at radius 2 is 1.09 bits per heavy atom. The first kappa shape index (κ1) is 34.2. The predicted octanol–water partition coefficient (Wildman–Crippen LogP) is 7.90. The fraction of sp³-hybridized carbons (Fsp3) is 1.00. The molecule has 0 spiro atoms. The van der Waals surface area contributed by atoms with Crippen molar-refractivity contribution in [1.29, 1.82) is 0 Å². The third-order valence-corrected chi connectivity index (χ3v) is 7.05. The maximum absolute atomic E-state index is 12.2. The first-order chi connectivity index (χ1) is 15.2. The van der Waals surface area contributed by atoms with Crippen LogP contribution in [0.4, 0.5) is 0 Å². The molecular weight excluding hydrogens is 427 g/mol. The van der Waals surface area contributed by atoms with Gasteiger partial charge >= 0.3 is 7.82 Å². The first-order valence-corrected chi connectivity index (χ1v) is 14.1. The zero-order valence-electron chi connectivity index (χ0n) is 22.7. The average molecular weight is 483 g/mol. The maximum Gasteiger partial charge on any atom is 0.474 e. The predicted molar refractivity (Wildman–Crippen MR) is 135 cm³/mol. The zero-order chi connectivity index (χ0) is 24.9. The largest absolute Gasteiger partial charge is 0.474 e. The van der Waals surface area contributed by atoms with Crippen molar-refractivity contribution in [2.75, 3.05) is 47.3 Å². The van der Waals surface area contributed by atoms with Gasteiger partial charge in [-0.3, -0.25) is 13.6 Å². The fourth-order valence-electron chi connectivity index (χ4n) is 3.03. The zero-order valence-corrected chi connectivity index (χ0v) is 23.6. The van der Waals surface area contributed by atoms with Crippen molar-refractivity contribution >= 4 is 7.82 Å². The smallest absolute Gasteiger partial charge is 0.384 e. The Kier molecular flexibility index (Phi) is 23.0. The summed E-state index contributed by atoms with van der Waals surface area (Å²) in [7, 11) is 0.251. The summed E-state index contributed by atoms with van der Waals surface area (Å²) in [5.74, 6) is 1.34. The Labute approximate surface area is 200 Å². The highest BCUT2D eigenvalue weighted by molar-refractivity contribution is 7.48. The van der Waals surface area contributed by atoms with Gasteiger partial charge in [-0.1, -0.05) is 74.1 Å². The molecule has 196 valence electrons.